The Balaban J connectivity index is 4.25. The Hall–Kier alpha value is 0.910. The molecule has 0 aliphatic rings. The summed E-state index contributed by atoms with van der Waals surface area (Å²) in [5, 5.41) is -1.51. The predicted octanol–water partition coefficient (Wildman–Crippen LogP) is 7.05. The normalized spacial score (nSPS) is 14.4. The van der Waals surface area contributed by atoms with Crippen LogP contribution in [-0.2, 0) is 0 Å². The molecule has 0 nitrogen and oxygen atoms in total. The van der Waals surface area contributed by atoms with E-state index in [4.69, 9.17) is 0 Å². The van der Waals surface area contributed by atoms with Crippen molar-refractivity contribution in [3.8, 4) is 0 Å². The van der Waals surface area contributed by atoms with Crippen LogP contribution in [0.25, 0.3) is 0 Å². The van der Waals surface area contributed by atoms with E-state index in [2.05, 4.69) is 43.2 Å². The van der Waals surface area contributed by atoms with Crippen molar-refractivity contribution in [3.05, 3.63) is 0 Å². The van der Waals surface area contributed by atoms with Gasteiger partial charge < -0.3 is 0 Å². The standard InChI is InChI=1S/C16H36BrP/c1-5-9-11-13-15-18(17,7-3,8-4)16-14-12-10-6-2/h5-16H2,1-4H3. The van der Waals surface area contributed by atoms with Crippen molar-refractivity contribution >= 4 is 20.8 Å². The first-order chi connectivity index (χ1) is 8.54. The van der Waals surface area contributed by atoms with Crippen LogP contribution in [0.2, 0.25) is 0 Å². The van der Waals surface area contributed by atoms with Crippen molar-refractivity contribution in [1.82, 2.24) is 0 Å². The van der Waals surface area contributed by atoms with Gasteiger partial charge in [0.25, 0.3) is 0 Å². The number of hydrogen-bond donors (Lipinski definition) is 0. The Morgan fingerprint density at radius 3 is 1.28 bits per heavy atom. The van der Waals surface area contributed by atoms with Gasteiger partial charge in [0.1, 0.15) is 0 Å². The molecule has 0 aliphatic carbocycles. The minimum atomic E-state index is -1.51. The summed E-state index contributed by atoms with van der Waals surface area (Å²) >= 11 is 4.33. The first-order valence-corrected chi connectivity index (χ1v) is 13.3. The minimum absolute atomic E-state index is 1.35. The van der Waals surface area contributed by atoms with Gasteiger partial charge in [-0.2, -0.15) is 0 Å². The molecule has 0 aromatic carbocycles. The van der Waals surface area contributed by atoms with Crippen LogP contribution in [0.15, 0.2) is 0 Å². The Bertz CT molecular complexity index is 183. The summed E-state index contributed by atoms with van der Waals surface area (Å²) in [6, 6.07) is 0. The van der Waals surface area contributed by atoms with Crippen molar-refractivity contribution in [1.29, 1.82) is 0 Å². The molecule has 0 rings (SSSR count). The number of halogens is 1. The van der Waals surface area contributed by atoms with E-state index in [1.807, 2.05) is 0 Å². The zero-order valence-electron chi connectivity index (χ0n) is 13.3. The maximum atomic E-state index is 4.33. The van der Waals surface area contributed by atoms with E-state index >= 15 is 0 Å². The van der Waals surface area contributed by atoms with E-state index in [1.54, 1.807) is 0 Å². The van der Waals surface area contributed by atoms with Crippen LogP contribution in [-0.4, -0.2) is 24.6 Å². The summed E-state index contributed by atoms with van der Waals surface area (Å²) in [5.74, 6) is 0. The van der Waals surface area contributed by atoms with E-state index in [-0.39, 0.29) is 0 Å². The van der Waals surface area contributed by atoms with Gasteiger partial charge in [-0.1, -0.05) is 0 Å². The fourth-order valence-corrected chi connectivity index (χ4v) is 8.30. The molecule has 112 valence electrons. The van der Waals surface area contributed by atoms with Gasteiger partial charge in [0, 0.05) is 0 Å². The zero-order chi connectivity index (χ0) is 13.9. The molecule has 0 bridgehead atoms. The quantitative estimate of drug-likeness (QED) is 0.264. The van der Waals surface area contributed by atoms with Crippen LogP contribution < -0.4 is 0 Å². The second-order valence-corrected chi connectivity index (χ2v) is 17.8. The molecule has 0 aromatic rings. The Morgan fingerprint density at radius 2 is 1.00 bits per heavy atom. The van der Waals surface area contributed by atoms with Crippen LogP contribution >= 0.6 is 20.8 Å². The van der Waals surface area contributed by atoms with Gasteiger partial charge in [-0.05, 0) is 0 Å². The van der Waals surface area contributed by atoms with Crippen molar-refractivity contribution < 1.29 is 0 Å². The average Bonchev–Trinajstić information content (AvgIpc) is 2.41. The predicted molar refractivity (Wildman–Crippen MR) is 94.9 cm³/mol. The van der Waals surface area contributed by atoms with Crippen LogP contribution in [0.3, 0.4) is 0 Å². The third-order valence-corrected chi connectivity index (χ3v) is 15.9. The Morgan fingerprint density at radius 1 is 0.611 bits per heavy atom. The van der Waals surface area contributed by atoms with E-state index in [1.165, 1.54) is 76.0 Å². The van der Waals surface area contributed by atoms with Crippen LogP contribution in [0, 0.1) is 0 Å². The van der Waals surface area contributed by atoms with Gasteiger partial charge in [-0.15, -0.1) is 0 Å². The van der Waals surface area contributed by atoms with Crippen molar-refractivity contribution in [2.45, 2.75) is 79.1 Å². The van der Waals surface area contributed by atoms with Crippen LogP contribution in [0.1, 0.15) is 79.1 Å². The van der Waals surface area contributed by atoms with Gasteiger partial charge in [0.05, 0.1) is 0 Å². The molecule has 2 heteroatoms. The number of hydrogen-bond acceptors (Lipinski definition) is 0. The first kappa shape index (κ1) is 18.9. The van der Waals surface area contributed by atoms with Crippen molar-refractivity contribution in [2.75, 3.05) is 24.6 Å². The van der Waals surface area contributed by atoms with Gasteiger partial charge in [-0.25, -0.2) is 0 Å². The molecule has 0 fully saturated rings. The molecule has 0 saturated heterocycles. The summed E-state index contributed by atoms with van der Waals surface area (Å²) in [7, 11) is 0. The summed E-state index contributed by atoms with van der Waals surface area (Å²) in [5.41, 5.74) is 0. The Labute approximate surface area is 124 Å². The van der Waals surface area contributed by atoms with Gasteiger partial charge in [-0.3, -0.25) is 0 Å². The molecule has 0 heterocycles. The van der Waals surface area contributed by atoms with Gasteiger partial charge >= 0.3 is 125 Å². The molecule has 0 N–H and O–H groups in total. The topological polar surface area (TPSA) is 0 Å². The maximum absolute atomic E-state index is 4.33. The zero-order valence-corrected chi connectivity index (χ0v) is 15.8. The van der Waals surface area contributed by atoms with Gasteiger partial charge in [0.2, 0.25) is 0 Å². The Kier molecular flexibility index (Phi) is 10.3. The molecule has 18 heavy (non-hydrogen) atoms. The summed E-state index contributed by atoms with van der Waals surface area (Å²) in [4.78, 5) is 0. The summed E-state index contributed by atoms with van der Waals surface area (Å²) in [6.45, 7) is 9.46. The molecule has 0 aliphatic heterocycles. The molecule has 0 spiro atoms. The molecule has 0 unspecified atom stereocenters. The molecule has 0 amide bonds. The van der Waals surface area contributed by atoms with E-state index < -0.39 is 5.31 Å². The molecular weight excluding hydrogens is 303 g/mol. The van der Waals surface area contributed by atoms with E-state index in [0.29, 0.717) is 0 Å². The van der Waals surface area contributed by atoms with Crippen molar-refractivity contribution in [2.24, 2.45) is 0 Å². The third kappa shape index (κ3) is 6.90. The van der Waals surface area contributed by atoms with Gasteiger partial charge in [0.15, 0.2) is 0 Å². The van der Waals surface area contributed by atoms with Crippen LogP contribution in [0.5, 0.6) is 0 Å². The molecular formula is C16H36BrP. The summed E-state index contributed by atoms with van der Waals surface area (Å²) in [6.07, 6.45) is 17.1. The fourth-order valence-electron chi connectivity index (χ4n) is 2.84. The SMILES string of the molecule is CCCCCCP(Br)(CC)(CC)CCCCCC. The number of rotatable bonds is 12. The first-order valence-electron chi connectivity index (χ1n) is 8.26. The molecule has 0 aromatic heterocycles. The molecule has 0 atom stereocenters. The molecule has 0 radical (unpaired) electrons. The van der Waals surface area contributed by atoms with Crippen LogP contribution in [0.4, 0.5) is 0 Å². The average molecular weight is 339 g/mol. The monoisotopic (exact) mass is 338 g/mol. The molecule has 0 saturated carbocycles. The second kappa shape index (κ2) is 9.76. The summed E-state index contributed by atoms with van der Waals surface area (Å²) < 4.78 is 0. The van der Waals surface area contributed by atoms with E-state index in [0.717, 1.165) is 0 Å². The fraction of sp³-hybridized carbons (Fsp3) is 1.00. The number of unbranched alkanes of at least 4 members (excludes halogenated alkanes) is 6. The second-order valence-electron chi connectivity index (χ2n) is 6.02. The third-order valence-electron chi connectivity index (χ3n) is 4.72. The van der Waals surface area contributed by atoms with Crippen molar-refractivity contribution in [3.63, 3.8) is 0 Å². The van der Waals surface area contributed by atoms with E-state index in [9.17, 15) is 0 Å².